The topological polar surface area (TPSA) is 221 Å². The Morgan fingerprint density at radius 2 is 0.702 bits per heavy atom. The molecule has 12 nitrogen and oxygen atoms in total. The smallest absolute Gasteiger partial charge is 0.127 e. The number of fused-ring (bicyclic) bond motifs is 1. The summed E-state index contributed by atoms with van der Waals surface area (Å²) < 4.78 is 12.3. The van der Waals surface area contributed by atoms with Crippen molar-refractivity contribution in [1.82, 2.24) is 0 Å². The normalized spacial score (nSPS) is 13.9. The number of hydrogen-bond donors (Lipinski definition) is 10. The van der Waals surface area contributed by atoms with E-state index in [1.54, 1.807) is 52.1 Å². The van der Waals surface area contributed by atoms with Gasteiger partial charge in [-0.25, -0.2) is 0 Å². The highest BCUT2D eigenvalue weighted by Crippen LogP contribution is 2.51. The van der Waals surface area contributed by atoms with Gasteiger partial charge in [-0.1, -0.05) is 278 Å². The van der Waals surface area contributed by atoms with Crippen LogP contribution in [0, 0.1) is 96.8 Å². The molecule has 10 N–H and O–H groups in total. The molecule has 0 spiro atoms. The van der Waals surface area contributed by atoms with Crippen LogP contribution < -0.4 is 9.47 Å². The van der Waals surface area contributed by atoms with Crippen molar-refractivity contribution in [2.75, 3.05) is 7.11 Å². The van der Waals surface area contributed by atoms with Crippen LogP contribution in [0.4, 0.5) is 0 Å². The van der Waals surface area contributed by atoms with Crippen molar-refractivity contribution in [3.05, 3.63) is 173 Å². The van der Waals surface area contributed by atoms with E-state index in [0.29, 0.717) is 51.2 Å². The van der Waals surface area contributed by atoms with Gasteiger partial charge in [0.1, 0.15) is 74.6 Å². The molecule has 121 heavy (non-hydrogen) atoms. The van der Waals surface area contributed by atoms with Crippen molar-refractivity contribution in [2.24, 2.45) is 27.6 Å². The van der Waals surface area contributed by atoms with E-state index in [1.807, 2.05) is 71.9 Å². The lowest BCUT2D eigenvalue weighted by atomic mass is 9.69. The second-order valence-corrected chi connectivity index (χ2v) is 44.0. The van der Waals surface area contributed by atoms with Crippen LogP contribution in [0.5, 0.6) is 69.0 Å². The minimum absolute atomic E-state index is 0.0304. The van der Waals surface area contributed by atoms with E-state index in [2.05, 4.69) is 179 Å². The van der Waals surface area contributed by atoms with Crippen LogP contribution in [0.2, 0.25) is 0 Å². The second-order valence-electron chi connectivity index (χ2n) is 44.0. The summed E-state index contributed by atoms with van der Waals surface area (Å²) >= 11 is 0. The Labute approximate surface area is 736 Å². The molecule has 0 aromatic heterocycles. The van der Waals surface area contributed by atoms with Crippen LogP contribution in [-0.4, -0.2) is 63.8 Å². The first-order chi connectivity index (χ1) is 55.3. The molecule has 680 valence electrons. The van der Waals surface area contributed by atoms with Gasteiger partial charge in [-0.2, -0.15) is 0 Å². The lowest BCUT2D eigenvalue weighted by molar-refractivity contribution is 0.0521. The van der Waals surface area contributed by atoms with Gasteiger partial charge in [-0.05, 0) is 276 Å². The Hall–Kier alpha value is -7.86. The fourth-order valence-electron chi connectivity index (χ4n) is 19.1. The molecule has 0 bridgehead atoms. The van der Waals surface area contributed by atoms with Gasteiger partial charge >= 0.3 is 0 Å². The molecule has 8 rings (SSSR count). The van der Waals surface area contributed by atoms with E-state index < -0.39 is 0 Å². The molecule has 1 heterocycles. The Morgan fingerprint density at radius 3 is 1.04 bits per heavy atom. The standard InChI is InChI=1S/C29H50O2.C23H40O2.C22H38O2.C20H26O2.C8H10O2.C7H8O2/c1-6-7-8-9-10-11-12-13-14-15-16-17-18-19-21-29(5)22-20-26-25(4)27(30)23(2)24(3)28(26)31-29;1-20(2,3)14-22(7,8)16-13-19(25-11)17(12-18(16)24)23(9,10)15-21(4,5)6;1-19(2,3)13-21(7,8)15-11-18(24)16(12-17(15)23)22(9,10)14-20(4,5)6;1-11(2)18(16-9-12(3)7-14(5)19(16)21)17-10-13(4)8-15(6)20(17)22;1-5-3-8(10)6(2)4-7(5)9;1-5-4-6(8)2-3-7(5)9/h30H,6-22H2,1-5H3;12-13,24H,14-15H2,1-11H3;11-12,23-24H,13-14H2,1-10H3;7-11,18,21-22H,1-6H3;3-4,9-10H,1-2H3;2-4,8-9H,1H3. The van der Waals surface area contributed by atoms with Crippen LogP contribution in [-0.2, 0) is 28.1 Å². The Balaban J connectivity index is 0.000000389. The molecule has 1 atom stereocenters. The summed E-state index contributed by atoms with van der Waals surface area (Å²) in [6.45, 7) is 72.2. The van der Waals surface area contributed by atoms with E-state index in [4.69, 9.17) is 29.9 Å². The summed E-state index contributed by atoms with van der Waals surface area (Å²) in [6, 6.07) is 23.1. The highest BCUT2D eigenvalue weighted by molar-refractivity contribution is 5.59. The summed E-state index contributed by atoms with van der Waals surface area (Å²) in [4.78, 5) is 0. The third-order valence-corrected chi connectivity index (χ3v) is 23.9. The molecular weight excluding hydrogens is 1500 g/mol. The zero-order chi connectivity index (χ0) is 92.9. The minimum Gasteiger partial charge on any atom is -0.508 e. The number of rotatable bonds is 27. The molecule has 0 radical (unpaired) electrons. The van der Waals surface area contributed by atoms with Gasteiger partial charge in [0.2, 0.25) is 0 Å². The summed E-state index contributed by atoms with van der Waals surface area (Å²) in [5.41, 5.74) is 15.9. The van der Waals surface area contributed by atoms with Crippen molar-refractivity contribution in [3.8, 4) is 69.0 Å². The number of hydrogen-bond acceptors (Lipinski definition) is 12. The maximum Gasteiger partial charge on any atom is 0.127 e. The number of ether oxygens (including phenoxy) is 2. The quantitative estimate of drug-likeness (QED) is 0.0172. The molecule has 7 aromatic rings. The molecule has 0 amide bonds. The largest absolute Gasteiger partial charge is 0.508 e. The van der Waals surface area contributed by atoms with Crippen LogP contribution in [0.3, 0.4) is 0 Å². The van der Waals surface area contributed by atoms with Gasteiger partial charge in [0.25, 0.3) is 0 Å². The van der Waals surface area contributed by atoms with E-state index >= 15 is 0 Å². The Bertz CT molecular complexity index is 4260. The number of benzene rings is 7. The number of unbranched alkanes of at least 4 members (excludes halogenated alkanes) is 13. The number of phenolic OH excluding ortho intramolecular Hbond substituents is 10. The highest BCUT2D eigenvalue weighted by Gasteiger charge is 2.39. The number of aromatic hydroxyl groups is 10. The highest BCUT2D eigenvalue weighted by atomic mass is 16.5. The summed E-state index contributed by atoms with van der Waals surface area (Å²) in [7, 11) is 1.73. The zero-order valence-electron chi connectivity index (χ0n) is 82.8. The Kier molecular flexibility index (Phi) is 40.1. The predicted octanol–water partition coefficient (Wildman–Crippen LogP) is 30.9. The van der Waals surface area contributed by atoms with Crippen LogP contribution >= 0.6 is 0 Å². The molecule has 1 aliphatic rings. The molecule has 12 heteroatoms. The lowest BCUT2D eigenvalue weighted by Crippen LogP contribution is -2.37. The third-order valence-electron chi connectivity index (χ3n) is 23.9. The third kappa shape index (κ3) is 34.3. The average Bonchev–Trinajstić information content (AvgIpc) is 0.821. The van der Waals surface area contributed by atoms with Crippen molar-refractivity contribution in [2.45, 2.75) is 403 Å². The molecular formula is C109H172O12. The summed E-state index contributed by atoms with van der Waals surface area (Å²) in [5, 5.41) is 99.7. The van der Waals surface area contributed by atoms with Gasteiger partial charge in [-0.15, -0.1) is 0 Å². The first-order valence-electron chi connectivity index (χ1n) is 45.4. The second kappa shape index (κ2) is 45.2. The molecule has 0 aliphatic carbocycles. The fourth-order valence-corrected chi connectivity index (χ4v) is 19.1. The predicted molar refractivity (Wildman–Crippen MR) is 513 cm³/mol. The average molecular weight is 1670 g/mol. The van der Waals surface area contributed by atoms with E-state index in [9.17, 15) is 30.6 Å². The van der Waals surface area contributed by atoms with Gasteiger partial charge < -0.3 is 60.5 Å². The van der Waals surface area contributed by atoms with Gasteiger partial charge in [-0.3, -0.25) is 0 Å². The number of phenols is 10. The first kappa shape index (κ1) is 107. The van der Waals surface area contributed by atoms with Crippen molar-refractivity contribution in [1.29, 1.82) is 0 Å². The van der Waals surface area contributed by atoms with Gasteiger partial charge in [0.15, 0.2) is 0 Å². The zero-order valence-corrected chi connectivity index (χ0v) is 82.8. The van der Waals surface area contributed by atoms with Gasteiger partial charge in [0, 0.05) is 44.9 Å². The van der Waals surface area contributed by atoms with Crippen molar-refractivity contribution in [3.63, 3.8) is 0 Å². The Morgan fingerprint density at radius 1 is 0.364 bits per heavy atom. The lowest BCUT2D eigenvalue weighted by Gasteiger charge is -2.38. The molecule has 1 aliphatic heterocycles. The van der Waals surface area contributed by atoms with Crippen LogP contribution in [0.15, 0.2) is 78.9 Å². The number of aryl methyl sites for hydroxylation is 7. The molecule has 1 unspecified atom stereocenters. The van der Waals surface area contributed by atoms with Gasteiger partial charge in [0.05, 0.1) is 7.11 Å². The van der Waals surface area contributed by atoms with E-state index in [1.165, 1.54) is 114 Å². The van der Waals surface area contributed by atoms with Crippen LogP contribution in [0.1, 0.15) is 395 Å². The monoisotopic (exact) mass is 1670 g/mol. The fraction of sp³-hybridized carbons (Fsp3) is 0.615. The van der Waals surface area contributed by atoms with Crippen molar-refractivity contribution >= 4 is 0 Å². The van der Waals surface area contributed by atoms with Crippen LogP contribution in [0.25, 0.3) is 0 Å². The summed E-state index contributed by atoms with van der Waals surface area (Å²) in [6.07, 6.45) is 26.7. The van der Waals surface area contributed by atoms with E-state index in [0.717, 1.165) is 129 Å². The maximum absolute atomic E-state index is 10.8. The SMILES string of the molecule is CC(C)(C)CC(C)(C)c1cc(O)c(C(C)(C)CC(C)(C)C)cc1O.CCCCCCCCCCCCCCCCC1(C)CCc2c(C)c(O)c(C)c(C)c2O1.COc1cc(C(C)(C)CC(C)(C)C)c(O)cc1C(C)(C)CC(C)(C)C.Cc1cc(C)c(O)c(C(c2cc(C)cc(C)c2O)C(C)C)c1.Cc1cc(O)c(C)cc1O.Cc1cc(O)ccc1O. The molecule has 0 fully saturated rings. The molecule has 0 saturated heterocycles. The number of methoxy groups -OCH3 is 1. The first-order valence-corrected chi connectivity index (χ1v) is 45.4. The molecule has 7 aromatic carbocycles. The summed E-state index contributed by atoms with van der Waals surface area (Å²) in [5.74, 6) is 5.11. The van der Waals surface area contributed by atoms with Crippen molar-refractivity contribution < 1.29 is 60.5 Å². The minimum atomic E-state index is -0.202. The van der Waals surface area contributed by atoms with E-state index in [-0.39, 0.29) is 83.8 Å². The maximum atomic E-state index is 10.8. The molecule has 0 saturated carbocycles.